The fourth-order valence-electron chi connectivity index (χ4n) is 0.737. The molecule has 1 aliphatic heterocycles. The smallest absolute Gasteiger partial charge is 0.273 e. The highest BCUT2D eigenvalue weighted by Gasteiger charge is 2.26. The summed E-state index contributed by atoms with van der Waals surface area (Å²) in [4.78, 5) is 32.0. The molecule has 4 amide bonds. The minimum Gasteiger partial charge on any atom is -0.273 e. The van der Waals surface area contributed by atoms with Crippen LogP contribution >= 0.6 is 0 Å². The predicted octanol–water partition coefficient (Wildman–Crippen LogP) is -0.701. The Morgan fingerprint density at radius 1 is 1.09 bits per heavy atom. The summed E-state index contributed by atoms with van der Waals surface area (Å²) in [6.07, 6.45) is 1.34. The molecule has 0 aromatic rings. The van der Waals surface area contributed by atoms with Crippen molar-refractivity contribution < 1.29 is 14.4 Å². The van der Waals surface area contributed by atoms with E-state index in [9.17, 15) is 14.4 Å². The van der Waals surface area contributed by atoms with Crippen molar-refractivity contribution in [1.82, 2.24) is 10.6 Å². The molecular formula is C6H6N2O3. The SMILES string of the molecule is CC=C1C(=O)NC(=O)NC1=O. The zero-order valence-electron chi connectivity index (χ0n) is 5.80. The van der Waals surface area contributed by atoms with Gasteiger partial charge in [0.05, 0.1) is 0 Å². The van der Waals surface area contributed by atoms with Crippen LogP contribution in [0.15, 0.2) is 11.6 Å². The van der Waals surface area contributed by atoms with Crippen LogP contribution in [0, 0.1) is 0 Å². The molecule has 0 aliphatic carbocycles. The molecule has 1 fully saturated rings. The molecule has 1 rings (SSSR count). The molecule has 0 spiro atoms. The Morgan fingerprint density at radius 2 is 1.55 bits per heavy atom. The zero-order chi connectivity index (χ0) is 8.43. The molecule has 0 aromatic heterocycles. The second-order valence-corrected chi connectivity index (χ2v) is 1.94. The molecule has 2 N–H and O–H groups in total. The molecule has 1 aliphatic rings. The van der Waals surface area contributed by atoms with E-state index < -0.39 is 17.8 Å². The van der Waals surface area contributed by atoms with Crippen LogP contribution in [0.3, 0.4) is 0 Å². The number of urea groups is 1. The van der Waals surface area contributed by atoms with Gasteiger partial charge in [-0.1, -0.05) is 6.08 Å². The number of carbonyl (C=O) groups is 3. The topological polar surface area (TPSA) is 75.3 Å². The largest absolute Gasteiger partial charge is 0.328 e. The van der Waals surface area contributed by atoms with Crippen molar-refractivity contribution in [3.8, 4) is 0 Å². The van der Waals surface area contributed by atoms with Crippen molar-refractivity contribution in [2.24, 2.45) is 0 Å². The van der Waals surface area contributed by atoms with Crippen molar-refractivity contribution in [2.75, 3.05) is 0 Å². The van der Waals surface area contributed by atoms with Gasteiger partial charge in [-0.05, 0) is 6.92 Å². The first-order valence-corrected chi connectivity index (χ1v) is 2.98. The van der Waals surface area contributed by atoms with Gasteiger partial charge in [-0.3, -0.25) is 20.2 Å². The van der Waals surface area contributed by atoms with E-state index in [0.29, 0.717) is 0 Å². The normalized spacial score (nSPS) is 17.5. The number of rotatable bonds is 0. The van der Waals surface area contributed by atoms with E-state index in [4.69, 9.17) is 0 Å². The standard InChI is InChI=1S/C6H6N2O3/c1-2-3-4(9)7-6(11)8-5(3)10/h2H,1H3,(H2,7,8,9,10,11). The van der Waals surface area contributed by atoms with Gasteiger partial charge in [0.2, 0.25) is 0 Å². The van der Waals surface area contributed by atoms with Crippen LogP contribution in [0.5, 0.6) is 0 Å². The van der Waals surface area contributed by atoms with Gasteiger partial charge in [0.25, 0.3) is 11.8 Å². The van der Waals surface area contributed by atoms with E-state index in [2.05, 4.69) is 0 Å². The van der Waals surface area contributed by atoms with Gasteiger partial charge in [0.15, 0.2) is 0 Å². The summed E-state index contributed by atoms with van der Waals surface area (Å²) in [5, 5.41) is 3.87. The Hall–Kier alpha value is -1.65. The average molecular weight is 154 g/mol. The van der Waals surface area contributed by atoms with Gasteiger partial charge in [-0.25, -0.2) is 4.79 Å². The van der Waals surface area contributed by atoms with Crippen molar-refractivity contribution in [3.05, 3.63) is 11.6 Å². The van der Waals surface area contributed by atoms with E-state index in [0.717, 1.165) is 0 Å². The first-order valence-electron chi connectivity index (χ1n) is 2.98. The highest BCUT2D eigenvalue weighted by atomic mass is 16.2. The molecular weight excluding hydrogens is 148 g/mol. The van der Waals surface area contributed by atoms with Crippen LogP contribution in [0.25, 0.3) is 0 Å². The lowest BCUT2D eigenvalue weighted by Gasteiger charge is -2.12. The van der Waals surface area contributed by atoms with Crippen molar-refractivity contribution in [2.45, 2.75) is 6.92 Å². The lowest BCUT2D eigenvalue weighted by atomic mass is 10.2. The number of imide groups is 2. The maximum absolute atomic E-state index is 10.8. The number of amides is 4. The maximum Gasteiger partial charge on any atom is 0.328 e. The Balaban J connectivity index is 2.93. The average Bonchev–Trinajstić information content (AvgIpc) is 1.85. The molecule has 0 atom stereocenters. The second-order valence-electron chi connectivity index (χ2n) is 1.94. The van der Waals surface area contributed by atoms with Gasteiger partial charge in [0, 0.05) is 0 Å². The van der Waals surface area contributed by atoms with Gasteiger partial charge in [0.1, 0.15) is 5.57 Å². The fourth-order valence-corrected chi connectivity index (χ4v) is 0.737. The summed E-state index contributed by atoms with van der Waals surface area (Å²) in [5.41, 5.74) is -0.0374. The summed E-state index contributed by atoms with van der Waals surface area (Å²) < 4.78 is 0. The van der Waals surface area contributed by atoms with Crippen LogP contribution in [-0.4, -0.2) is 17.8 Å². The third kappa shape index (κ3) is 1.26. The molecule has 1 heterocycles. The summed E-state index contributed by atoms with van der Waals surface area (Å²) in [6.45, 7) is 1.55. The summed E-state index contributed by atoms with van der Waals surface area (Å²) in [6, 6.07) is -0.773. The van der Waals surface area contributed by atoms with Crippen LogP contribution in [0.1, 0.15) is 6.92 Å². The van der Waals surface area contributed by atoms with E-state index in [-0.39, 0.29) is 5.57 Å². The summed E-state index contributed by atoms with van der Waals surface area (Å²) in [5.74, 6) is -1.30. The Morgan fingerprint density at radius 3 is 1.91 bits per heavy atom. The molecule has 5 heteroatoms. The zero-order valence-corrected chi connectivity index (χ0v) is 5.80. The summed E-state index contributed by atoms with van der Waals surface area (Å²) >= 11 is 0. The van der Waals surface area contributed by atoms with Gasteiger partial charge >= 0.3 is 6.03 Å². The summed E-state index contributed by atoms with van der Waals surface area (Å²) in [7, 11) is 0. The number of allylic oxidation sites excluding steroid dienone is 1. The van der Waals surface area contributed by atoms with Crippen LogP contribution in [0.2, 0.25) is 0 Å². The van der Waals surface area contributed by atoms with Gasteiger partial charge in [-0.15, -0.1) is 0 Å². The van der Waals surface area contributed by atoms with E-state index in [1.165, 1.54) is 6.08 Å². The van der Waals surface area contributed by atoms with Crippen molar-refractivity contribution in [3.63, 3.8) is 0 Å². The predicted molar refractivity (Wildman–Crippen MR) is 35.4 cm³/mol. The molecule has 0 aromatic carbocycles. The third-order valence-electron chi connectivity index (χ3n) is 1.23. The monoisotopic (exact) mass is 154 g/mol. The first-order chi connectivity index (χ1) is 5.15. The van der Waals surface area contributed by atoms with Crippen LogP contribution < -0.4 is 10.6 Å². The van der Waals surface area contributed by atoms with Gasteiger partial charge in [-0.2, -0.15) is 0 Å². The highest BCUT2D eigenvalue weighted by Crippen LogP contribution is 1.98. The first kappa shape index (κ1) is 7.46. The Labute approximate surface area is 62.5 Å². The second kappa shape index (κ2) is 2.53. The van der Waals surface area contributed by atoms with Crippen molar-refractivity contribution in [1.29, 1.82) is 0 Å². The number of barbiturate groups is 1. The number of nitrogens with one attached hydrogen (secondary N) is 2. The quantitative estimate of drug-likeness (QED) is 0.358. The molecule has 0 unspecified atom stereocenters. The number of hydrogen-bond acceptors (Lipinski definition) is 3. The molecule has 58 valence electrons. The van der Waals surface area contributed by atoms with Crippen LogP contribution in [-0.2, 0) is 9.59 Å². The number of carbonyl (C=O) groups excluding carboxylic acids is 3. The third-order valence-corrected chi connectivity index (χ3v) is 1.23. The molecule has 0 radical (unpaired) electrons. The fraction of sp³-hybridized carbons (Fsp3) is 0.167. The van der Waals surface area contributed by atoms with E-state index >= 15 is 0 Å². The van der Waals surface area contributed by atoms with Gasteiger partial charge < -0.3 is 0 Å². The Bertz CT molecular complexity index is 245. The number of hydrogen-bond donors (Lipinski definition) is 2. The van der Waals surface area contributed by atoms with Crippen molar-refractivity contribution >= 4 is 17.8 Å². The van der Waals surface area contributed by atoms with Crippen LogP contribution in [0.4, 0.5) is 4.79 Å². The minimum atomic E-state index is -0.773. The molecule has 1 saturated heterocycles. The Kier molecular flexibility index (Phi) is 1.72. The van der Waals surface area contributed by atoms with E-state index in [1.807, 2.05) is 10.6 Å². The highest BCUT2D eigenvalue weighted by molar-refractivity contribution is 6.28. The molecule has 0 bridgehead atoms. The maximum atomic E-state index is 10.8. The molecule has 0 saturated carbocycles. The van der Waals surface area contributed by atoms with E-state index in [1.54, 1.807) is 6.92 Å². The molecule has 11 heavy (non-hydrogen) atoms. The lowest BCUT2D eigenvalue weighted by molar-refractivity contribution is -0.124. The lowest BCUT2D eigenvalue weighted by Crippen LogP contribution is -2.51. The minimum absolute atomic E-state index is 0.0374. The molecule has 5 nitrogen and oxygen atoms in total.